The van der Waals surface area contributed by atoms with Crippen LogP contribution in [0.1, 0.15) is 24.0 Å². The molecule has 1 aromatic rings. The molecule has 124 valence electrons. The first-order chi connectivity index (χ1) is 10.3. The third-order valence-electron chi connectivity index (χ3n) is 3.32. The Morgan fingerprint density at radius 2 is 2.18 bits per heavy atom. The Bertz CT molecular complexity index is 480. The van der Waals surface area contributed by atoms with Crippen molar-refractivity contribution in [3.63, 3.8) is 0 Å². The quantitative estimate of drug-likeness (QED) is 0.527. The average Bonchev–Trinajstić information content (AvgIpc) is 2.52. The van der Waals surface area contributed by atoms with E-state index in [0.29, 0.717) is 13.2 Å². The molecule has 0 bridgehead atoms. The van der Waals surface area contributed by atoms with Crippen LogP contribution in [0.15, 0.2) is 23.2 Å². The summed E-state index contributed by atoms with van der Waals surface area (Å²) in [6.45, 7) is 6.06. The highest BCUT2D eigenvalue weighted by Crippen LogP contribution is 2.20. The predicted molar refractivity (Wildman–Crippen MR) is 100 cm³/mol. The summed E-state index contributed by atoms with van der Waals surface area (Å²) >= 11 is 0. The van der Waals surface area contributed by atoms with Gasteiger partial charge in [-0.2, -0.15) is 0 Å². The van der Waals surface area contributed by atoms with Crippen LogP contribution in [0.5, 0.6) is 5.75 Å². The Balaban J connectivity index is 0.00000242. The zero-order valence-corrected chi connectivity index (χ0v) is 15.7. The summed E-state index contributed by atoms with van der Waals surface area (Å²) < 4.78 is 10.9. The van der Waals surface area contributed by atoms with E-state index in [4.69, 9.17) is 9.47 Å². The second-order valence-corrected chi connectivity index (χ2v) is 5.17. The summed E-state index contributed by atoms with van der Waals surface area (Å²) in [6.07, 6.45) is 2.00. The highest BCUT2D eigenvalue weighted by Gasteiger charge is 2.07. The van der Waals surface area contributed by atoms with Gasteiger partial charge in [-0.15, -0.1) is 24.0 Å². The largest absolute Gasteiger partial charge is 0.493 e. The predicted octanol–water partition coefficient (Wildman–Crippen LogP) is 2.47. The minimum absolute atomic E-state index is 0. The molecule has 0 radical (unpaired) electrons. The summed E-state index contributed by atoms with van der Waals surface area (Å²) in [5.41, 5.74) is 2.35. The van der Waals surface area contributed by atoms with Crippen LogP contribution in [0.25, 0.3) is 0 Å². The molecule has 0 amide bonds. The number of guanidine groups is 1. The number of aliphatic imine (C=N–C) groups is 1. The summed E-state index contributed by atoms with van der Waals surface area (Å²) in [4.78, 5) is 4.42. The SMILES string of the molecule is COCCCOc1cc(C)ccc1CNC1=NCCCN1.I. The maximum Gasteiger partial charge on any atom is 0.191 e. The molecule has 0 aromatic heterocycles. The smallest absolute Gasteiger partial charge is 0.191 e. The van der Waals surface area contributed by atoms with E-state index >= 15 is 0 Å². The van der Waals surface area contributed by atoms with Gasteiger partial charge in [-0.25, -0.2) is 0 Å². The van der Waals surface area contributed by atoms with Crippen LogP contribution < -0.4 is 15.4 Å². The summed E-state index contributed by atoms with van der Waals surface area (Å²) in [7, 11) is 1.71. The zero-order valence-electron chi connectivity index (χ0n) is 13.4. The topological polar surface area (TPSA) is 54.9 Å². The number of ether oxygens (including phenoxy) is 2. The molecular formula is C16H26IN3O2. The molecule has 22 heavy (non-hydrogen) atoms. The van der Waals surface area contributed by atoms with E-state index in [1.165, 1.54) is 5.56 Å². The molecule has 6 heteroatoms. The molecule has 0 aliphatic carbocycles. The molecule has 0 unspecified atom stereocenters. The minimum Gasteiger partial charge on any atom is -0.493 e. The fraction of sp³-hybridized carbons (Fsp3) is 0.562. The lowest BCUT2D eigenvalue weighted by molar-refractivity contribution is 0.171. The van der Waals surface area contributed by atoms with E-state index in [9.17, 15) is 0 Å². The molecular weight excluding hydrogens is 393 g/mol. The molecule has 0 atom stereocenters. The van der Waals surface area contributed by atoms with Crippen molar-refractivity contribution in [2.24, 2.45) is 4.99 Å². The van der Waals surface area contributed by atoms with Crippen LogP contribution in [0, 0.1) is 6.92 Å². The van der Waals surface area contributed by atoms with Crippen LogP contribution in [-0.4, -0.2) is 39.4 Å². The van der Waals surface area contributed by atoms with Crippen LogP contribution in [0.4, 0.5) is 0 Å². The number of benzene rings is 1. The number of rotatable bonds is 7. The summed E-state index contributed by atoms with van der Waals surface area (Å²) in [6, 6.07) is 6.30. The van der Waals surface area contributed by atoms with Crippen molar-refractivity contribution in [1.82, 2.24) is 10.6 Å². The van der Waals surface area contributed by atoms with Gasteiger partial charge in [-0.3, -0.25) is 4.99 Å². The standard InChI is InChI=1S/C16H25N3O2.HI/c1-13-5-6-14(12-19-16-17-7-3-8-18-16)15(11-13)21-10-4-9-20-2;/h5-6,11H,3-4,7-10,12H2,1-2H3,(H2,17,18,19);1H. The normalized spacial score (nSPS) is 13.6. The van der Waals surface area contributed by atoms with Crippen LogP contribution >= 0.6 is 24.0 Å². The monoisotopic (exact) mass is 419 g/mol. The summed E-state index contributed by atoms with van der Waals surface area (Å²) in [5, 5.41) is 6.60. The third kappa shape index (κ3) is 6.39. The summed E-state index contributed by atoms with van der Waals surface area (Å²) in [5.74, 6) is 1.82. The number of hydrogen-bond donors (Lipinski definition) is 2. The lowest BCUT2D eigenvalue weighted by Gasteiger charge is -2.17. The molecule has 1 aromatic carbocycles. The second kappa shape index (κ2) is 10.7. The molecule has 5 nitrogen and oxygen atoms in total. The number of hydrogen-bond acceptors (Lipinski definition) is 5. The Hall–Kier alpha value is -1.02. The van der Waals surface area contributed by atoms with Gasteiger partial charge >= 0.3 is 0 Å². The molecule has 1 aliphatic heterocycles. The van der Waals surface area contributed by atoms with Crippen LogP contribution in [-0.2, 0) is 11.3 Å². The Kier molecular flexibility index (Phi) is 9.22. The van der Waals surface area contributed by atoms with Crippen molar-refractivity contribution in [2.75, 3.05) is 33.4 Å². The maximum atomic E-state index is 5.88. The molecule has 0 saturated carbocycles. The molecule has 1 heterocycles. The highest BCUT2D eigenvalue weighted by atomic mass is 127. The van der Waals surface area contributed by atoms with Gasteiger partial charge in [0.05, 0.1) is 6.61 Å². The fourth-order valence-electron chi connectivity index (χ4n) is 2.16. The van der Waals surface area contributed by atoms with Crippen molar-refractivity contribution in [3.05, 3.63) is 29.3 Å². The first-order valence-electron chi connectivity index (χ1n) is 7.53. The Labute approximate surface area is 149 Å². The number of aryl methyl sites for hydroxylation is 1. The average molecular weight is 419 g/mol. The van der Waals surface area contributed by atoms with E-state index in [1.54, 1.807) is 7.11 Å². The lowest BCUT2D eigenvalue weighted by atomic mass is 10.1. The first-order valence-corrected chi connectivity index (χ1v) is 7.53. The van der Waals surface area contributed by atoms with Gasteiger partial charge in [0, 0.05) is 45.3 Å². The van der Waals surface area contributed by atoms with E-state index in [0.717, 1.165) is 49.8 Å². The van der Waals surface area contributed by atoms with E-state index in [1.807, 2.05) is 0 Å². The van der Waals surface area contributed by atoms with Gasteiger partial charge in [0.1, 0.15) is 5.75 Å². The van der Waals surface area contributed by atoms with Crippen molar-refractivity contribution in [2.45, 2.75) is 26.3 Å². The molecule has 2 rings (SSSR count). The molecule has 2 N–H and O–H groups in total. The highest BCUT2D eigenvalue weighted by molar-refractivity contribution is 14.0. The van der Waals surface area contributed by atoms with Crippen LogP contribution in [0.2, 0.25) is 0 Å². The van der Waals surface area contributed by atoms with E-state index in [-0.39, 0.29) is 24.0 Å². The molecule has 0 spiro atoms. The molecule has 0 fully saturated rings. The molecule has 1 aliphatic rings. The van der Waals surface area contributed by atoms with E-state index in [2.05, 4.69) is 40.7 Å². The van der Waals surface area contributed by atoms with Crippen molar-refractivity contribution in [3.8, 4) is 5.75 Å². The van der Waals surface area contributed by atoms with Gasteiger partial charge in [-0.1, -0.05) is 12.1 Å². The minimum atomic E-state index is 0. The van der Waals surface area contributed by atoms with Crippen molar-refractivity contribution >= 4 is 29.9 Å². The number of methoxy groups -OCH3 is 1. The van der Waals surface area contributed by atoms with Gasteiger partial charge in [-0.05, 0) is 25.0 Å². The number of nitrogens with one attached hydrogen (secondary N) is 2. The first kappa shape index (κ1) is 19.0. The maximum absolute atomic E-state index is 5.88. The lowest BCUT2D eigenvalue weighted by Crippen LogP contribution is -2.40. The van der Waals surface area contributed by atoms with Gasteiger partial charge in [0.2, 0.25) is 0 Å². The van der Waals surface area contributed by atoms with Gasteiger partial charge < -0.3 is 20.1 Å². The number of nitrogens with zero attached hydrogens (tertiary/aromatic N) is 1. The van der Waals surface area contributed by atoms with Crippen molar-refractivity contribution < 1.29 is 9.47 Å². The Morgan fingerprint density at radius 1 is 1.32 bits per heavy atom. The van der Waals surface area contributed by atoms with Crippen molar-refractivity contribution in [1.29, 1.82) is 0 Å². The zero-order chi connectivity index (χ0) is 14.9. The van der Waals surface area contributed by atoms with E-state index < -0.39 is 0 Å². The second-order valence-electron chi connectivity index (χ2n) is 5.17. The fourth-order valence-corrected chi connectivity index (χ4v) is 2.16. The van der Waals surface area contributed by atoms with Crippen LogP contribution in [0.3, 0.4) is 0 Å². The molecule has 0 saturated heterocycles. The van der Waals surface area contributed by atoms with Gasteiger partial charge in [0.15, 0.2) is 5.96 Å². The number of halogens is 1. The Morgan fingerprint density at radius 3 is 2.91 bits per heavy atom. The third-order valence-corrected chi connectivity index (χ3v) is 3.32. The van der Waals surface area contributed by atoms with Gasteiger partial charge in [0.25, 0.3) is 0 Å².